The van der Waals surface area contributed by atoms with Crippen LogP contribution in [0.3, 0.4) is 0 Å². The van der Waals surface area contributed by atoms with E-state index in [1.54, 1.807) is 11.3 Å². The zero-order chi connectivity index (χ0) is 15.4. The van der Waals surface area contributed by atoms with E-state index in [1.165, 1.54) is 0 Å². The van der Waals surface area contributed by atoms with Crippen molar-refractivity contribution in [3.05, 3.63) is 39.8 Å². The van der Waals surface area contributed by atoms with Crippen molar-refractivity contribution in [2.75, 3.05) is 13.1 Å². The average Bonchev–Trinajstić information content (AvgIpc) is 2.96. The van der Waals surface area contributed by atoms with Gasteiger partial charge >= 0.3 is 0 Å². The molecule has 2 heterocycles. The van der Waals surface area contributed by atoms with Crippen LogP contribution in [0.2, 0.25) is 0 Å². The summed E-state index contributed by atoms with van der Waals surface area (Å²) in [7, 11) is 0. The molecule has 22 heavy (non-hydrogen) atoms. The van der Waals surface area contributed by atoms with Crippen LogP contribution in [0, 0.1) is 0 Å². The quantitative estimate of drug-likeness (QED) is 0.858. The monoisotopic (exact) mass is 379 g/mol. The third-order valence-electron chi connectivity index (χ3n) is 3.63. The van der Waals surface area contributed by atoms with Gasteiger partial charge in [0.15, 0.2) is 0 Å². The summed E-state index contributed by atoms with van der Waals surface area (Å²) in [5, 5.41) is 9.30. The number of halogens is 1. The maximum atomic E-state index is 12.1. The molecule has 1 saturated heterocycles. The van der Waals surface area contributed by atoms with Crippen molar-refractivity contribution in [3.63, 3.8) is 0 Å². The molecule has 0 spiro atoms. The fourth-order valence-electron chi connectivity index (χ4n) is 2.56. The molecule has 0 aliphatic carbocycles. The van der Waals surface area contributed by atoms with Crippen LogP contribution in [0.5, 0.6) is 0 Å². The van der Waals surface area contributed by atoms with Gasteiger partial charge in [-0.3, -0.25) is 4.79 Å². The van der Waals surface area contributed by atoms with Crippen molar-refractivity contribution in [1.29, 1.82) is 0 Å². The van der Waals surface area contributed by atoms with Crippen LogP contribution >= 0.6 is 27.3 Å². The van der Waals surface area contributed by atoms with E-state index in [0.29, 0.717) is 6.42 Å². The molecule has 1 unspecified atom stereocenters. The molecule has 2 aromatic rings. The summed E-state index contributed by atoms with van der Waals surface area (Å²) in [6.07, 6.45) is 2.52. The molecule has 116 valence electrons. The van der Waals surface area contributed by atoms with Crippen molar-refractivity contribution in [3.8, 4) is 10.6 Å². The molecule has 1 atom stereocenters. The Morgan fingerprint density at radius 2 is 2.41 bits per heavy atom. The van der Waals surface area contributed by atoms with Crippen molar-refractivity contribution in [2.45, 2.75) is 25.3 Å². The first kappa shape index (κ1) is 15.6. The molecule has 1 aromatic heterocycles. The Kier molecular flexibility index (Phi) is 5.23. The van der Waals surface area contributed by atoms with E-state index < -0.39 is 0 Å². The highest BCUT2D eigenvalue weighted by atomic mass is 79.9. The zero-order valence-electron chi connectivity index (χ0n) is 12.1. The van der Waals surface area contributed by atoms with Gasteiger partial charge in [-0.25, -0.2) is 4.98 Å². The van der Waals surface area contributed by atoms with Gasteiger partial charge in [0.1, 0.15) is 5.01 Å². The molecule has 1 amide bonds. The predicted octanol–water partition coefficient (Wildman–Crippen LogP) is 2.98. The smallest absolute Gasteiger partial charge is 0.226 e. The number of piperidine rings is 1. The lowest BCUT2D eigenvalue weighted by atomic mass is 10.1. The fourth-order valence-corrected chi connectivity index (χ4v) is 3.78. The summed E-state index contributed by atoms with van der Waals surface area (Å²) < 4.78 is 1.03. The number of benzene rings is 1. The second kappa shape index (κ2) is 7.35. The van der Waals surface area contributed by atoms with Crippen LogP contribution in [0.15, 0.2) is 34.1 Å². The maximum absolute atomic E-state index is 12.1. The summed E-state index contributed by atoms with van der Waals surface area (Å²) >= 11 is 5.04. The first-order valence-electron chi connectivity index (χ1n) is 7.41. The van der Waals surface area contributed by atoms with Gasteiger partial charge in [-0.15, -0.1) is 11.3 Å². The van der Waals surface area contributed by atoms with Gasteiger partial charge in [-0.1, -0.05) is 28.1 Å². The van der Waals surface area contributed by atoms with Crippen molar-refractivity contribution in [2.24, 2.45) is 0 Å². The Hall–Kier alpha value is -1.24. The molecule has 1 fully saturated rings. The highest BCUT2D eigenvalue weighted by molar-refractivity contribution is 9.10. The number of carbonyl (C=O) groups is 1. The summed E-state index contributed by atoms with van der Waals surface area (Å²) in [6.45, 7) is 1.92. The molecule has 6 heteroatoms. The highest BCUT2D eigenvalue weighted by Gasteiger charge is 2.16. The van der Waals surface area contributed by atoms with E-state index in [1.807, 2.05) is 29.6 Å². The van der Waals surface area contributed by atoms with Crippen LogP contribution in [-0.4, -0.2) is 30.0 Å². The summed E-state index contributed by atoms with van der Waals surface area (Å²) in [5.41, 5.74) is 1.91. The minimum atomic E-state index is 0.0554. The van der Waals surface area contributed by atoms with Crippen LogP contribution in [0.25, 0.3) is 10.6 Å². The van der Waals surface area contributed by atoms with Crippen molar-refractivity contribution in [1.82, 2.24) is 15.6 Å². The number of nitrogens with zero attached hydrogens (tertiary/aromatic N) is 1. The van der Waals surface area contributed by atoms with Crippen LogP contribution in [0.1, 0.15) is 18.5 Å². The minimum absolute atomic E-state index is 0.0554. The SMILES string of the molecule is O=C(Cc1csc(-c2cccc(Br)c2)n1)NC1CCCNC1. The number of hydrogen-bond donors (Lipinski definition) is 2. The number of amides is 1. The van der Waals surface area contributed by atoms with Gasteiger partial charge in [0.2, 0.25) is 5.91 Å². The molecule has 2 N–H and O–H groups in total. The molecule has 1 aromatic carbocycles. The second-order valence-electron chi connectivity index (χ2n) is 5.44. The molecular formula is C16H18BrN3OS. The lowest BCUT2D eigenvalue weighted by Crippen LogP contribution is -2.46. The van der Waals surface area contributed by atoms with Crippen molar-refractivity contribution >= 4 is 33.2 Å². The molecule has 0 radical (unpaired) electrons. The third kappa shape index (κ3) is 4.15. The summed E-state index contributed by atoms with van der Waals surface area (Å²) in [4.78, 5) is 16.7. The molecule has 0 bridgehead atoms. The summed E-state index contributed by atoms with van der Waals surface area (Å²) in [5.74, 6) is 0.0554. The molecule has 3 rings (SSSR count). The lowest BCUT2D eigenvalue weighted by molar-refractivity contribution is -0.121. The lowest BCUT2D eigenvalue weighted by Gasteiger charge is -2.23. The topological polar surface area (TPSA) is 54.0 Å². The Morgan fingerprint density at radius 1 is 1.50 bits per heavy atom. The highest BCUT2D eigenvalue weighted by Crippen LogP contribution is 2.26. The first-order valence-corrected chi connectivity index (χ1v) is 9.08. The first-order chi connectivity index (χ1) is 10.7. The normalized spacial score (nSPS) is 18.1. The Bertz CT molecular complexity index is 652. The molecule has 1 aliphatic rings. The van der Waals surface area contributed by atoms with Crippen LogP contribution in [0.4, 0.5) is 0 Å². The average molecular weight is 380 g/mol. The fraction of sp³-hybridized carbons (Fsp3) is 0.375. The van der Waals surface area contributed by atoms with Gasteiger partial charge < -0.3 is 10.6 Å². The van der Waals surface area contributed by atoms with E-state index in [9.17, 15) is 4.79 Å². The molecule has 1 aliphatic heterocycles. The minimum Gasteiger partial charge on any atom is -0.352 e. The third-order valence-corrected chi connectivity index (χ3v) is 5.06. The van der Waals surface area contributed by atoms with Gasteiger partial charge in [-0.2, -0.15) is 0 Å². The Morgan fingerprint density at radius 3 is 3.18 bits per heavy atom. The van der Waals surface area contributed by atoms with Crippen molar-refractivity contribution < 1.29 is 4.79 Å². The van der Waals surface area contributed by atoms with Crippen LogP contribution in [-0.2, 0) is 11.2 Å². The molecule has 0 saturated carbocycles. The van der Waals surface area contributed by atoms with E-state index in [4.69, 9.17) is 0 Å². The van der Waals surface area contributed by atoms with Gasteiger partial charge in [0, 0.05) is 28.0 Å². The predicted molar refractivity (Wildman–Crippen MR) is 93.0 cm³/mol. The van der Waals surface area contributed by atoms with Gasteiger partial charge in [0.25, 0.3) is 0 Å². The second-order valence-corrected chi connectivity index (χ2v) is 7.22. The van der Waals surface area contributed by atoms with Crippen LogP contribution < -0.4 is 10.6 Å². The summed E-state index contributed by atoms with van der Waals surface area (Å²) in [6, 6.07) is 8.30. The van der Waals surface area contributed by atoms with E-state index in [0.717, 1.165) is 46.7 Å². The van der Waals surface area contributed by atoms with Gasteiger partial charge in [-0.05, 0) is 31.5 Å². The number of carbonyl (C=O) groups excluding carboxylic acids is 1. The van der Waals surface area contributed by atoms with Gasteiger partial charge in [0.05, 0.1) is 12.1 Å². The number of nitrogens with one attached hydrogen (secondary N) is 2. The Balaban J connectivity index is 1.60. The number of thiazole rings is 1. The standard InChI is InChI=1S/C16H18BrN3OS/c17-12-4-1-3-11(7-12)16-20-14(10-22-16)8-15(21)19-13-5-2-6-18-9-13/h1,3-4,7,10,13,18H,2,5-6,8-9H2,(H,19,21). The van der Waals surface area contributed by atoms with E-state index in [-0.39, 0.29) is 11.9 Å². The molecular weight excluding hydrogens is 362 g/mol. The van der Waals surface area contributed by atoms with E-state index >= 15 is 0 Å². The number of rotatable bonds is 4. The zero-order valence-corrected chi connectivity index (χ0v) is 14.5. The largest absolute Gasteiger partial charge is 0.352 e. The molecule has 4 nitrogen and oxygen atoms in total. The van der Waals surface area contributed by atoms with E-state index in [2.05, 4.69) is 31.5 Å². The Labute approximate surface area is 142 Å². The number of hydrogen-bond acceptors (Lipinski definition) is 4. The number of aromatic nitrogens is 1. The maximum Gasteiger partial charge on any atom is 0.226 e.